The number of nitrogens with one attached hydrogen (secondary N) is 1. The van der Waals surface area contributed by atoms with Gasteiger partial charge in [0, 0.05) is 10.0 Å². The first-order chi connectivity index (χ1) is 12.6. The lowest BCUT2D eigenvalue weighted by molar-refractivity contribution is -0.117. The fourth-order valence-corrected chi connectivity index (χ4v) is 3.28. The van der Waals surface area contributed by atoms with Gasteiger partial charge in [-0.15, -0.1) is 0 Å². The molecule has 3 aromatic rings. The predicted octanol–water partition coefficient (Wildman–Crippen LogP) is 3.69. The Morgan fingerprint density at radius 2 is 2.08 bits per heavy atom. The largest absolute Gasteiger partial charge is 0.489 e. The number of carbonyl (C=O) groups is 1. The van der Waals surface area contributed by atoms with Crippen LogP contribution in [0.4, 0.5) is 10.3 Å². The molecule has 2 aromatic carbocycles. The number of ether oxygens (including phenoxy) is 1. The van der Waals surface area contributed by atoms with Gasteiger partial charge in [-0.3, -0.25) is 10.1 Å². The minimum Gasteiger partial charge on any atom is -0.489 e. The molecule has 0 bridgehead atoms. The quantitative estimate of drug-likeness (QED) is 0.703. The molecule has 1 aliphatic heterocycles. The molecule has 0 unspecified atom stereocenters. The average Bonchev–Trinajstić information content (AvgIpc) is 3.09. The monoisotopic (exact) mass is 416 g/mol. The Bertz CT molecular complexity index is 958. The van der Waals surface area contributed by atoms with Crippen molar-refractivity contribution in [2.24, 2.45) is 0 Å². The number of halogens is 2. The summed E-state index contributed by atoms with van der Waals surface area (Å²) in [6.07, 6.45) is 1.64. The smallest absolute Gasteiger partial charge is 0.229 e. The van der Waals surface area contributed by atoms with Crippen LogP contribution in [0.1, 0.15) is 23.6 Å². The summed E-state index contributed by atoms with van der Waals surface area (Å²) in [7, 11) is 0. The van der Waals surface area contributed by atoms with Crippen molar-refractivity contribution in [3.8, 4) is 5.75 Å². The Labute approximate surface area is 157 Å². The first-order valence-corrected chi connectivity index (χ1v) is 8.75. The standard InChI is InChI=1S/C18H14BrFN4O2/c19-12-3-6-16(26-9-11-1-4-13(20)5-2-11)14(7-12)15-8-17(25)23-18-21-10-22-24(15)18/h1-7,10,15H,8-9H2,(H,21,22,23,25)/t15-/m1/s1. The topological polar surface area (TPSA) is 69.0 Å². The van der Waals surface area contributed by atoms with Gasteiger partial charge >= 0.3 is 0 Å². The van der Waals surface area contributed by atoms with Crippen LogP contribution in [-0.4, -0.2) is 20.7 Å². The van der Waals surface area contributed by atoms with Gasteiger partial charge in [-0.25, -0.2) is 9.07 Å². The summed E-state index contributed by atoms with van der Waals surface area (Å²) in [5.41, 5.74) is 1.67. The molecule has 0 saturated heterocycles. The zero-order valence-corrected chi connectivity index (χ0v) is 15.1. The molecule has 8 heteroatoms. The Morgan fingerprint density at radius 1 is 1.27 bits per heavy atom. The number of hydrogen-bond donors (Lipinski definition) is 1. The van der Waals surface area contributed by atoms with E-state index < -0.39 is 0 Å². The third-order valence-corrected chi connectivity index (χ3v) is 4.63. The maximum Gasteiger partial charge on any atom is 0.229 e. The third kappa shape index (κ3) is 3.32. The summed E-state index contributed by atoms with van der Waals surface area (Å²) in [4.78, 5) is 16.1. The molecule has 1 aromatic heterocycles. The van der Waals surface area contributed by atoms with Gasteiger partial charge in [-0.1, -0.05) is 28.1 Å². The lowest BCUT2D eigenvalue weighted by Crippen LogP contribution is -2.29. The molecule has 26 heavy (non-hydrogen) atoms. The van der Waals surface area contributed by atoms with Gasteiger partial charge in [0.15, 0.2) is 0 Å². The van der Waals surface area contributed by atoms with Crippen molar-refractivity contribution in [2.75, 3.05) is 5.32 Å². The number of benzene rings is 2. The van der Waals surface area contributed by atoms with E-state index in [9.17, 15) is 9.18 Å². The van der Waals surface area contributed by atoms with Crippen LogP contribution in [0.15, 0.2) is 53.3 Å². The number of nitrogens with zero attached hydrogens (tertiary/aromatic N) is 3. The summed E-state index contributed by atoms with van der Waals surface area (Å²) >= 11 is 3.47. The highest BCUT2D eigenvalue weighted by molar-refractivity contribution is 9.10. The number of anilines is 1. The average molecular weight is 417 g/mol. The zero-order valence-electron chi connectivity index (χ0n) is 13.5. The van der Waals surface area contributed by atoms with E-state index in [4.69, 9.17) is 4.74 Å². The molecular formula is C18H14BrFN4O2. The molecule has 0 spiro atoms. The highest BCUT2D eigenvalue weighted by atomic mass is 79.9. The lowest BCUT2D eigenvalue weighted by atomic mass is 10.0. The van der Waals surface area contributed by atoms with Crippen molar-refractivity contribution in [1.29, 1.82) is 0 Å². The normalized spacial score (nSPS) is 16.1. The van der Waals surface area contributed by atoms with Gasteiger partial charge in [0.1, 0.15) is 24.5 Å². The molecule has 1 amide bonds. The summed E-state index contributed by atoms with van der Waals surface area (Å²) in [6.45, 7) is 0.290. The molecule has 1 aliphatic rings. The van der Waals surface area contributed by atoms with Crippen molar-refractivity contribution in [2.45, 2.75) is 19.1 Å². The molecule has 0 radical (unpaired) electrons. The van der Waals surface area contributed by atoms with E-state index in [1.807, 2.05) is 18.2 Å². The molecule has 1 N–H and O–H groups in total. The zero-order chi connectivity index (χ0) is 18.1. The molecule has 1 atom stereocenters. The number of aromatic nitrogens is 3. The SMILES string of the molecule is O=C1C[C@H](c2cc(Br)ccc2OCc2ccc(F)cc2)n2ncnc2N1. The minimum atomic E-state index is -0.318. The molecule has 0 saturated carbocycles. The first kappa shape index (κ1) is 16.7. The number of fused-ring (bicyclic) bond motifs is 1. The van der Waals surface area contributed by atoms with Crippen molar-refractivity contribution in [1.82, 2.24) is 14.8 Å². The summed E-state index contributed by atoms with van der Waals surface area (Å²) in [5, 5.41) is 6.93. The van der Waals surface area contributed by atoms with E-state index in [1.54, 1.807) is 16.8 Å². The number of amides is 1. The first-order valence-electron chi connectivity index (χ1n) is 7.96. The van der Waals surface area contributed by atoms with Crippen LogP contribution in [0, 0.1) is 5.82 Å². The van der Waals surface area contributed by atoms with E-state index in [2.05, 4.69) is 31.3 Å². The van der Waals surface area contributed by atoms with Gasteiger partial charge in [0.05, 0.1) is 12.5 Å². The second-order valence-electron chi connectivity index (χ2n) is 5.89. The maximum absolute atomic E-state index is 13.0. The Hall–Kier alpha value is -2.74. The molecule has 4 rings (SSSR count). The molecular weight excluding hydrogens is 403 g/mol. The van der Waals surface area contributed by atoms with E-state index in [-0.39, 0.29) is 30.8 Å². The van der Waals surface area contributed by atoms with E-state index in [0.717, 1.165) is 15.6 Å². The van der Waals surface area contributed by atoms with E-state index in [0.29, 0.717) is 11.7 Å². The van der Waals surface area contributed by atoms with Gasteiger partial charge in [0.2, 0.25) is 11.9 Å². The van der Waals surface area contributed by atoms with Crippen molar-refractivity contribution in [3.63, 3.8) is 0 Å². The second kappa shape index (κ2) is 6.87. The molecule has 0 aliphatic carbocycles. The van der Waals surface area contributed by atoms with Crippen LogP contribution in [0.5, 0.6) is 5.75 Å². The minimum absolute atomic E-state index is 0.125. The lowest BCUT2D eigenvalue weighted by Gasteiger charge is -2.25. The fraction of sp³-hybridized carbons (Fsp3) is 0.167. The van der Waals surface area contributed by atoms with E-state index >= 15 is 0 Å². The Balaban J connectivity index is 1.65. The van der Waals surface area contributed by atoms with Crippen molar-refractivity contribution < 1.29 is 13.9 Å². The van der Waals surface area contributed by atoms with Crippen LogP contribution in [0.3, 0.4) is 0 Å². The molecule has 2 heterocycles. The third-order valence-electron chi connectivity index (χ3n) is 4.14. The van der Waals surface area contributed by atoms with Crippen molar-refractivity contribution >= 4 is 27.8 Å². The van der Waals surface area contributed by atoms with Gasteiger partial charge in [-0.2, -0.15) is 10.1 Å². The van der Waals surface area contributed by atoms with Crippen LogP contribution in [-0.2, 0) is 11.4 Å². The van der Waals surface area contributed by atoms with Crippen LogP contribution in [0.25, 0.3) is 0 Å². The van der Waals surface area contributed by atoms with Gasteiger partial charge in [0.25, 0.3) is 0 Å². The number of hydrogen-bond acceptors (Lipinski definition) is 4. The van der Waals surface area contributed by atoms with E-state index in [1.165, 1.54) is 18.5 Å². The van der Waals surface area contributed by atoms with Crippen LogP contribution in [0.2, 0.25) is 0 Å². The highest BCUT2D eigenvalue weighted by Crippen LogP contribution is 2.36. The van der Waals surface area contributed by atoms with Crippen molar-refractivity contribution in [3.05, 3.63) is 70.2 Å². The molecule has 6 nitrogen and oxygen atoms in total. The maximum atomic E-state index is 13.0. The Morgan fingerprint density at radius 3 is 2.88 bits per heavy atom. The Kier molecular flexibility index (Phi) is 4.42. The fourth-order valence-electron chi connectivity index (χ4n) is 2.90. The molecule has 132 valence electrons. The predicted molar refractivity (Wildman–Crippen MR) is 96.3 cm³/mol. The highest BCUT2D eigenvalue weighted by Gasteiger charge is 2.30. The number of carbonyl (C=O) groups excluding carboxylic acids is 1. The van der Waals surface area contributed by atoms with Gasteiger partial charge < -0.3 is 4.74 Å². The number of rotatable bonds is 4. The summed E-state index contributed by atoms with van der Waals surface area (Å²) in [6, 6.07) is 11.5. The second-order valence-corrected chi connectivity index (χ2v) is 6.81. The summed E-state index contributed by atoms with van der Waals surface area (Å²) < 4.78 is 21.6. The molecule has 0 fully saturated rings. The van der Waals surface area contributed by atoms with Gasteiger partial charge in [-0.05, 0) is 35.9 Å². The van der Waals surface area contributed by atoms with Crippen LogP contribution >= 0.6 is 15.9 Å². The summed E-state index contributed by atoms with van der Waals surface area (Å²) in [5.74, 6) is 0.638. The van der Waals surface area contributed by atoms with Crippen LogP contribution < -0.4 is 10.1 Å².